The monoisotopic (exact) mass is 372 g/mol. The fourth-order valence-corrected chi connectivity index (χ4v) is 3.69. The van der Waals surface area contributed by atoms with Crippen LogP contribution in [0.15, 0.2) is 36.4 Å². The molecule has 4 rings (SSSR count). The van der Waals surface area contributed by atoms with Crippen molar-refractivity contribution in [3.05, 3.63) is 64.5 Å². The molecule has 7 heteroatoms. The quantitative estimate of drug-likeness (QED) is 0.769. The van der Waals surface area contributed by atoms with Crippen molar-refractivity contribution < 1.29 is 23.8 Å². The molecule has 2 atom stereocenters. The Morgan fingerprint density at radius 3 is 3.00 bits per heavy atom. The van der Waals surface area contributed by atoms with Gasteiger partial charge in [-0.15, -0.1) is 0 Å². The second-order valence-electron chi connectivity index (χ2n) is 6.76. The summed E-state index contributed by atoms with van der Waals surface area (Å²) < 4.78 is 24.4. The van der Waals surface area contributed by atoms with E-state index in [1.165, 1.54) is 12.1 Å². The number of halogens is 1. The smallest absolute Gasteiger partial charge is 0.315 e. The zero-order valence-electron chi connectivity index (χ0n) is 14.7. The van der Waals surface area contributed by atoms with Crippen LogP contribution >= 0.6 is 0 Å². The highest BCUT2D eigenvalue weighted by molar-refractivity contribution is 5.74. The summed E-state index contributed by atoms with van der Waals surface area (Å²) in [7, 11) is 0. The molecule has 0 unspecified atom stereocenters. The van der Waals surface area contributed by atoms with E-state index in [0.29, 0.717) is 42.9 Å². The first-order chi connectivity index (χ1) is 13.1. The molecule has 0 saturated heterocycles. The lowest BCUT2D eigenvalue weighted by atomic mass is 10.1. The van der Waals surface area contributed by atoms with Crippen LogP contribution in [0.25, 0.3) is 0 Å². The minimum atomic E-state index is -0.642. The van der Waals surface area contributed by atoms with E-state index in [2.05, 4.69) is 10.6 Å². The first kappa shape index (κ1) is 17.8. The van der Waals surface area contributed by atoms with Crippen molar-refractivity contribution in [3.8, 4) is 5.75 Å². The van der Waals surface area contributed by atoms with Gasteiger partial charge >= 0.3 is 6.03 Å². The van der Waals surface area contributed by atoms with Crippen molar-refractivity contribution in [1.82, 2.24) is 10.6 Å². The van der Waals surface area contributed by atoms with Gasteiger partial charge in [0, 0.05) is 18.5 Å². The molecule has 1 aliphatic carbocycles. The van der Waals surface area contributed by atoms with Gasteiger partial charge in [-0.05, 0) is 35.2 Å². The van der Waals surface area contributed by atoms with Crippen LogP contribution in [0, 0.1) is 5.82 Å². The Bertz CT molecular complexity index is 858. The van der Waals surface area contributed by atoms with Gasteiger partial charge in [0.2, 0.25) is 0 Å². The summed E-state index contributed by atoms with van der Waals surface area (Å²) >= 11 is 0. The molecule has 6 nitrogen and oxygen atoms in total. The summed E-state index contributed by atoms with van der Waals surface area (Å²) in [5, 5.41) is 15.8. The number of fused-ring (bicyclic) bond motifs is 2. The lowest BCUT2D eigenvalue weighted by Crippen LogP contribution is -2.41. The highest BCUT2D eigenvalue weighted by Gasteiger charge is 2.31. The fraction of sp³-hybridized carbons (Fsp3) is 0.350. The standard InChI is InChI=1S/C20H21FN2O4/c21-15-7-13(19-14(8-15)10-26-11-27-19)5-6-22-20(25)23-18-16-4-2-1-3-12(16)9-17(18)24/h1-4,7-8,17-18,24H,5-6,9-11H2,(H2,22,23,25)/t17-,18+/m0/s1. The number of hydrogen-bond acceptors (Lipinski definition) is 4. The van der Waals surface area contributed by atoms with Crippen LogP contribution in [0.5, 0.6) is 5.75 Å². The molecule has 2 aromatic rings. The predicted octanol–water partition coefficient (Wildman–Crippen LogP) is 2.19. The lowest BCUT2D eigenvalue weighted by Gasteiger charge is -2.21. The summed E-state index contributed by atoms with van der Waals surface area (Å²) in [5.74, 6) is 0.276. The molecule has 0 saturated carbocycles. The van der Waals surface area contributed by atoms with E-state index in [1.807, 2.05) is 24.3 Å². The second kappa shape index (κ2) is 7.54. The van der Waals surface area contributed by atoms with E-state index < -0.39 is 12.1 Å². The number of benzene rings is 2. The molecule has 0 fully saturated rings. The summed E-state index contributed by atoms with van der Waals surface area (Å²) in [4.78, 5) is 12.2. The van der Waals surface area contributed by atoms with Crippen molar-refractivity contribution in [2.45, 2.75) is 31.6 Å². The maximum Gasteiger partial charge on any atom is 0.315 e. The molecule has 1 aliphatic heterocycles. The average molecular weight is 372 g/mol. The van der Waals surface area contributed by atoms with Crippen molar-refractivity contribution in [3.63, 3.8) is 0 Å². The van der Waals surface area contributed by atoms with E-state index in [9.17, 15) is 14.3 Å². The minimum absolute atomic E-state index is 0.137. The van der Waals surface area contributed by atoms with Gasteiger partial charge in [-0.1, -0.05) is 24.3 Å². The van der Waals surface area contributed by atoms with Crippen LogP contribution in [0.3, 0.4) is 0 Å². The third-order valence-electron chi connectivity index (χ3n) is 4.92. The van der Waals surface area contributed by atoms with Gasteiger partial charge in [-0.25, -0.2) is 9.18 Å². The number of hydrogen-bond donors (Lipinski definition) is 3. The maximum atomic E-state index is 13.8. The Morgan fingerprint density at radius 2 is 2.11 bits per heavy atom. The summed E-state index contributed by atoms with van der Waals surface area (Å²) in [5.41, 5.74) is 3.35. The molecule has 2 amide bonds. The summed E-state index contributed by atoms with van der Waals surface area (Å²) in [6.45, 7) is 0.766. The topological polar surface area (TPSA) is 79.8 Å². The number of rotatable bonds is 4. The van der Waals surface area contributed by atoms with E-state index >= 15 is 0 Å². The minimum Gasteiger partial charge on any atom is -0.467 e. The Hall–Kier alpha value is -2.64. The first-order valence-electron chi connectivity index (χ1n) is 8.94. The molecule has 27 heavy (non-hydrogen) atoms. The molecule has 0 radical (unpaired) electrons. The third kappa shape index (κ3) is 3.74. The number of carbonyl (C=O) groups excluding carboxylic acids is 1. The Kier molecular flexibility index (Phi) is 4.96. The van der Waals surface area contributed by atoms with Crippen molar-refractivity contribution in [1.29, 1.82) is 0 Å². The van der Waals surface area contributed by atoms with Gasteiger partial charge in [0.15, 0.2) is 6.79 Å². The maximum absolute atomic E-state index is 13.8. The van der Waals surface area contributed by atoms with E-state index in [1.54, 1.807) is 0 Å². The van der Waals surface area contributed by atoms with E-state index in [0.717, 1.165) is 11.1 Å². The zero-order valence-corrected chi connectivity index (χ0v) is 14.7. The number of aliphatic hydroxyl groups excluding tert-OH is 1. The molecule has 1 heterocycles. The molecule has 142 valence electrons. The Labute approximate surface area is 156 Å². The Morgan fingerprint density at radius 1 is 1.26 bits per heavy atom. The molecule has 0 aromatic heterocycles. The average Bonchev–Trinajstić information content (AvgIpc) is 2.97. The number of carbonyl (C=O) groups is 1. The molecular weight excluding hydrogens is 351 g/mol. The third-order valence-corrected chi connectivity index (χ3v) is 4.92. The lowest BCUT2D eigenvalue weighted by molar-refractivity contribution is -0.0172. The SMILES string of the molecule is O=C(NCCc1cc(F)cc2c1OCOC2)N[C@@H]1c2ccccc2C[C@@H]1O. The van der Waals surface area contributed by atoms with Crippen LogP contribution < -0.4 is 15.4 Å². The fourth-order valence-electron chi connectivity index (χ4n) is 3.69. The van der Waals surface area contributed by atoms with Gasteiger partial charge in [0.05, 0.1) is 18.8 Å². The zero-order chi connectivity index (χ0) is 18.8. The number of amides is 2. The number of nitrogens with one attached hydrogen (secondary N) is 2. The predicted molar refractivity (Wildman–Crippen MR) is 95.8 cm³/mol. The van der Waals surface area contributed by atoms with Gasteiger partial charge in [-0.2, -0.15) is 0 Å². The van der Waals surface area contributed by atoms with Crippen molar-refractivity contribution >= 4 is 6.03 Å². The number of aliphatic hydroxyl groups is 1. The van der Waals surface area contributed by atoms with Crippen LogP contribution in [-0.2, 0) is 24.2 Å². The molecular formula is C20H21FN2O4. The molecule has 0 bridgehead atoms. The van der Waals surface area contributed by atoms with E-state index in [-0.39, 0.29) is 18.6 Å². The van der Waals surface area contributed by atoms with Crippen molar-refractivity contribution in [2.24, 2.45) is 0 Å². The Balaban J connectivity index is 1.35. The molecule has 2 aromatic carbocycles. The van der Waals surface area contributed by atoms with Gasteiger partial charge in [0.1, 0.15) is 11.6 Å². The van der Waals surface area contributed by atoms with Gasteiger partial charge in [-0.3, -0.25) is 0 Å². The highest BCUT2D eigenvalue weighted by atomic mass is 19.1. The molecule has 0 spiro atoms. The largest absolute Gasteiger partial charge is 0.467 e. The summed E-state index contributed by atoms with van der Waals surface area (Å²) in [6, 6.07) is 9.69. The van der Waals surface area contributed by atoms with Crippen molar-refractivity contribution in [2.75, 3.05) is 13.3 Å². The molecule has 3 N–H and O–H groups in total. The highest BCUT2D eigenvalue weighted by Crippen LogP contribution is 2.31. The normalized spacial score (nSPS) is 20.4. The number of urea groups is 1. The van der Waals surface area contributed by atoms with E-state index in [4.69, 9.17) is 9.47 Å². The van der Waals surface area contributed by atoms with Gasteiger partial charge in [0.25, 0.3) is 0 Å². The second-order valence-corrected chi connectivity index (χ2v) is 6.76. The molecule has 2 aliphatic rings. The van der Waals surface area contributed by atoms with Crippen LogP contribution in [-0.4, -0.2) is 30.6 Å². The van der Waals surface area contributed by atoms with Crippen LogP contribution in [0.4, 0.5) is 9.18 Å². The summed E-state index contributed by atoms with van der Waals surface area (Å²) in [6.07, 6.45) is 0.310. The van der Waals surface area contributed by atoms with Gasteiger partial charge < -0.3 is 25.2 Å². The van der Waals surface area contributed by atoms with Crippen LogP contribution in [0.2, 0.25) is 0 Å². The number of ether oxygens (including phenoxy) is 2. The first-order valence-corrected chi connectivity index (χ1v) is 8.94. The van der Waals surface area contributed by atoms with Crippen LogP contribution in [0.1, 0.15) is 28.3 Å².